The van der Waals surface area contributed by atoms with Gasteiger partial charge in [0.2, 0.25) is 10.0 Å². The maximum atomic E-state index is 12.7. The van der Waals surface area contributed by atoms with Crippen LogP contribution in [0.2, 0.25) is 0 Å². The third-order valence-corrected chi connectivity index (χ3v) is 6.77. The Morgan fingerprint density at radius 1 is 1.28 bits per heavy atom. The van der Waals surface area contributed by atoms with Crippen molar-refractivity contribution < 1.29 is 18.3 Å². The van der Waals surface area contributed by atoms with Crippen molar-refractivity contribution in [2.75, 3.05) is 6.61 Å². The van der Waals surface area contributed by atoms with Gasteiger partial charge in [0.05, 0.1) is 35.4 Å². The highest BCUT2D eigenvalue weighted by Gasteiger charge is 2.33. The number of aryl methyl sites for hydroxylation is 2. The van der Waals surface area contributed by atoms with E-state index in [-0.39, 0.29) is 17.6 Å². The van der Waals surface area contributed by atoms with Gasteiger partial charge in [-0.15, -0.1) is 5.10 Å². The van der Waals surface area contributed by atoms with Crippen molar-refractivity contribution in [3.8, 4) is 0 Å². The van der Waals surface area contributed by atoms with E-state index in [1.165, 1.54) is 0 Å². The summed E-state index contributed by atoms with van der Waals surface area (Å²) in [7, 11) is -3.66. The summed E-state index contributed by atoms with van der Waals surface area (Å²) in [5.41, 5.74) is 1.95. The summed E-state index contributed by atoms with van der Waals surface area (Å²) in [6, 6.07) is 6.24. The van der Waals surface area contributed by atoms with Crippen molar-refractivity contribution in [2.45, 2.75) is 75.6 Å². The van der Waals surface area contributed by atoms with E-state index in [0.717, 1.165) is 17.7 Å². The van der Waals surface area contributed by atoms with Crippen molar-refractivity contribution in [3.05, 3.63) is 41.7 Å². The molecule has 160 valence electrons. The Balaban J connectivity index is 1.56. The molecule has 2 aromatic rings. The van der Waals surface area contributed by atoms with Crippen LogP contribution < -0.4 is 4.72 Å². The average molecular weight is 423 g/mol. The van der Waals surface area contributed by atoms with Crippen LogP contribution in [0.4, 0.5) is 0 Å². The molecule has 1 aromatic heterocycles. The van der Waals surface area contributed by atoms with E-state index in [9.17, 15) is 13.5 Å². The van der Waals surface area contributed by atoms with Crippen LogP contribution in [0.1, 0.15) is 50.3 Å². The first-order valence-corrected chi connectivity index (χ1v) is 11.5. The molecule has 8 nitrogen and oxygen atoms in total. The van der Waals surface area contributed by atoms with Gasteiger partial charge in [-0.05, 0) is 44.2 Å². The van der Waals surface area contributed by atoms with E-state index >= 15 is 0 Å². The fraction of sp³-hybridized carbons (Fsp3) is 0.600. The Labute approximate surface area is 172 Å². The van der Waals surface area contributed by atoms with Gasteiger partial charge in [0, 0.05) is 12.7 Å². The first kappa shape index (κ1) is 21.9. The van der Waals surface area contributed by atoms with E-state index in [1.54, 1.807) is 28.9 Å². The van der Waals surface area contributed by atoms with Crippen LogP contribution >= 0.6 is 0 Å². The highest BCUT2D eigenvalue weighted by Crippen LogP contribution is 2.24. The van der Waals surface area contributed by atoms with Crippen LogP contribution in [0.3, 0.4) is 0 Å². The third-order valence-electron chi connectivity index (χ3n) is 5.26. The van der Waals surface area contributed by atoms with Crippen molar-refractivity contribution in [2.24, 2.45) is 0 Å². The van der Waals surface area contributed by atoms with Crippen molar-refractivity contribution in [1.82, 2.24) is 19.7 Å². The Morgan fingerprint density at radius 2 is 2.00 bits per heavy atom. The van der Waals surface area contributed by atoms with E-state index < -0.39 is 22.2 Å². The molecule has 1 aromatic carbocycles. The Kier molecular flexibility index (Phi) is 7.05. The number of aliphatic hydroxyl groups excluding tert-OH is 1. The third kappa shape index (κ3) is 5.63. The minimum Gasteiger partial charge on any atom is -0.394 e. The highest BCUT2D eigenvalue weighted by molar-refractivity contribution is 7.89. The number of hydrogen-bond acceptors (Lipinski definition) is 6. The number of nitrogens with one attached hydrogen (secondary N) is 1. The van der Waals surface area contributed by atoms with Crippen LogP contribution in [0.15, 0.2) is 35.4 Å². The summed E-state index contributed by atoms with van der Waals surface area (Å²) in [6.45, 7) is 6.48. The topological polar surface area (TPSA) is 106 Å². The molecule has 0 unspecified atom stereocenters. The lowest BCUT2D eigenvalue weighted by molar-refractivity contribution is -0.0891. The van der Waals surface area contributed by atoms with Crippen LogP contribution in [0.5, 0.6) is 0 Å². The molecule has 2 heterocycles. The molecule has 1 saturated heterocycles. The van der Waals surface area contributed by atoms with Crippen LogP contribution in [0, 0.1) is 6.92 Å². The summed E-state index contributed by atoms with van der Waals surface area (Å²) < 4.78 is 35.8. The predicted molar refractivity (Wildman–Crippen MR) is 109 cm³/mol. The smallest absolute Gasteiger partial charge is 0.240 e. The van der Waals surface area contributed by atoms with Gasteiger partial charge >= 0.3 is 0 Å². The largest absolute Gasteiger partial charge is 0.394 e. The molecule has 2 N–H and O–H groups in total. The van der Waals surface area contributed by atoms with Crippen LogP contribution in [0.25, 0.3) is 0 Å². The molecule has 29 heavy (non-hydrogen) atoms. The van der Waals surface area contributed by atoms with Crippen molar-refractivity contribution >= 4 is 10.0 Å². The molecule has 0 saturated carbocycles. The number of rotatable bonds is 8. The number of aliphatic hydroxyl groups is 1. The maximum Gasteiger partial charge on any atom is 0.240 e. The Morgan fingerprint density at radius 3 is 2.62 bits per heavy atom. The second-order valence-corrected chi connectivity index (χ2v) is 9.66. The lowest BCUT2D eigenvalue weighted by atomic mass is 9.98. The Bertz CT molecular complexity index is 895. The normalized spacial score (nSPS) is 22.9. The van der Waals surface area contributed by atoms with Gasteiger partial charge in [-0.2, -0.15) is 0 Å². The molecular weight excluding hydrogens is 392 g/mol. The average Bonchev–Trinajstić information content (AvgIpc) is 3.17. The van der Waals surface area contributed by atoms with Crippen molar-refractivity contribution in [1.29, 1.82) is 0 Å². The number of benzene rings is 1. The van der Waals surface area contributed by atoms with Crippen LogP contribution in [-0.4, -0.2) is 53.4 Å². The molecule has 1 aliphatic heterocycles. The number of sulfonamides is 1. The predicted octanol–water partition coefficient (Wildman–Crippen LogP) is 1.99. The molecule has 3 atom stereocenters. The summed E-state index contributed by atoms with van der Waals surface area (Å²) in [5.74, 6) is 0.329. The lowest BCUT2D eigenvalue weighted by Crippen LogP contribution is -2.50. The van der Waals surface area contributed by atoms with Gasteiger partial charge in [-0.25, -0.2) is 13.1 Å². The van der Waals surface area contributed by atoms with Gasteiger partial charge < -0.3 is 9.84 Å². The van der Waals surface area contributed by atoms with Gasteiger partial charge in [-0.1, -0.05) is 36.8 Å². The van der Waals surface area contributed by atoms with E-state index in [4.69, 9.17) is 4.74 Å². The molecular formula is C20H30N4O4S. The monoisotopic (exact) mass is 422 g/mol. The minimum atomic E-state index is -3.66. The highest BCUT2D eigenvalue weighted by atomic mass is 32.2. The van der Waals surface area contributed by atoms with E-state index in [2.05, 4.69) is 28.9 Å². The number of hydrogen-bond donors (Lipinski definition) is 2. The molecule has 1 fully saturated rings. The van der Waals surface area contributed by atoms with E-state index in [0.29, 0.717) is 25.3 Å². The zero-order valence-electron chi connectivity index (χ0n) is 17.2. The minimum absolute atomic E-state index is 0.0565. The summed E-state index contributed by atoms with van der Waals surface area (Å²) in [6.07, 6.45) is 3.36. The van der Waals surface area contributed by atoms with Gasteiger partial charge in [-0.3, -0.25) is 4.68 Å². The Hall–Kier alpha value is -1.81. The molecule has 0 amide bonds. The number of ether oxygens (including phenoxy) is 1. The molecule has 9 heteroatoms. The molecule has 0 bridgehead atoms. The first-order chi connectivity index (χ1) is 13.8. The molecule has 1 aliphatic rings. The molecule has 0 radical (unpaired) electrons. The van der Waals surface area contributed by atoms with Gasteiger partial charge in [0.25, 0.3) is 0 Å². The quantitative estimate of drug-likeness (QED) is 0.674. The zero-order chi connectivity index (χ0) is 21.0. The van der Waals surface area contributed by atoms with Crippen LogP contribution in [-0.2, 0) is 21.3 Å². The second kappa shape index (κ2) is 9.34. The van der Waals surface area contributed by atoms with Crippen molar-refractivity contribution in [3.63, 3.8) is 0 Å². The van der Waals surface area contributed by atoms with Gasteiger partial charge in [0.1, 0.15) is 0 Å². The fourth-order valence-electron chi connectivity index (χ4n) is 3.43. The first-order valence-electron chi connectivity index (χ1n) is 10.0. The fourth-order valence-corrected chi connectivity index (χ4v) is 4.73. The second-order valence-electron chi connectivity index (χ2n) is 7.95. The zero-order valence-corrected chi connectivity index (χ0v) is 18.0. The summed E-state index contributed by atoms with van der Waals surface area (Å²) in [5, 5.41) is 18.0. The van der Waals surface area contributed by atoms with Gasteiger partial charge in [0.15, 0.2) is 0 Å². The number of aromatic nitrogens is 3. The maximum absolute atomic E-state index is 12.7. The number of nitrogens with zero attached hydrogens (tertiary/aromatic N) is 3. The molecule has 0 aliphatic carbocycles. The standard InChI is InChI=1S/C20H30N4O4S/c1-14(2)19-12-24(23-21-19)11-10-16-6-9-18(20(13-25)28-16)22-29(26,27)17-7-4-15(3)5-8-17/h4-5,7-8,12,14,16,18,20,22,25H,6,9-11,13H2,1-3H3/t16-,18+,20-/m0/s1. The summed E-state index contributed by atoms with van der Waals surface area (Å²) >= 11 is 0. The SMILES string of the molecule is Cc1ccc(S(=O)(=O)N[C@@H]2CC[C@@H](CCn3cc(C(C)C)nn3)O[C@H]2CO)cc1. The molecule has 3 rings (SSSR count). The van der Waals surface area contributed by atoms with E-state index in [1.807, 2.05) is 13.1 Å². The summed E-state index contributed by atoms with van der Waals surface area (Å²) in [4.78, 5) is 0.217. The molecule has 0 spiro atoms. The lowest BCUT2D eigenvalue weighted by Gasteiger charge is -2.36.